The fraction of sp³-hybridized carbons (Fsp3) is 0.412. The number of nitrogens with zero attached hydrogens (tertiary/aromatic N) is 2. The van der Waals surface area contributed by atoms with Gasteiger partial charge in [-0.2, -0.15) is 0 Å². The molecule has 24 heavy (non-hydrogen) atoms. The van der Waals surface area contributed by atoms with E-state index < -0.39 is 0 Å². The Hall–Kier alpha value is -1.30. The number of benzene rings is 1. The first-order valence-corrected chi connectivity index (χ1v) is 9.63. The van der Waals surface area contributed by atoms with Gasteiger partial charge in [0.2, 0.25) is 5.91 Å². The van der Waals surface area contributed by atoms with Crippen molar-refractivity contribution in [1.82, 2.24) is 10.3 Å². The minimum atomic E-state index is 0.0775. The fourth-order valence-corrected chi connectivity index (χ4v) is 4.06. The second kappa shape index (κ2) is 8.19. The highest BCUT2D eigenvalue weighted by Gasteiger charge is 2.21. The molecule has 1 fully saturated rings. The average molecular weight is 384 g/mol. The monoisotopic (exact) mass is 383 g/mol. The number of hydrogen-bond donors (Lipinski definition) is 1. The summed E-state index contributed by atoms with van der Waals surface area (Å²) in [5.41, 5.74) is 0.954. The number of carbonyl (C=O) groups is 1. The zero-order chi connectivity index (χ0) is 16.9. The van der Waals surface area contributed by atoms with Gasteiger partial charge in [0, 0.05) is 47.2 Å². The van der Waals surface area contributed by atoms with Gasteiger partial charge in [0.1, 0.15) is 0 Å². The first kappa shape index (κ1) is 17.5. The molecule has 1 amide bonds. The van der Waals surface area contributed by atoms with Crippen LogP contribution in [0.5, 0.6) is 0 Å². The number of carbonyl (C=O) groups excluding carboxylic acids is 1. The summed E-state index contributed by atoms with van der Waals surface area (Å²) in [7, 11) is 0. The summed E-state index contributed by atoms with van der Waals surface area (Å²) in [4.78, 5) is 18.8. The van der Waals surface area contributed by atoms with Crippen LogP contribution in [0.25, 0.3) is 0 Å². The number of amides is 1. The highest BCUT2D eigenvalue weighted by Crippen LogP contribution is 2.23. The van der Waals surface area contributed by atoms with Gasteiger partial charge in [-0.15, -0.1) is 11.3 Å². The summed E-state index contributed by atoms with van der Waals surface area (Å²) in [6, 6.07) is 5.64. The smallest absolute Gasteiger partial charge is 0.220 e. The van der Waals surface area contributed by atoms with Crippen LogP contribution in [0.4, 0.5) is 5.13 Å². The normalized spacial score (nSPS) is 15.5. The zero-order valence-corrected chi connectivity index (χ0v) is 15.5. The molecular weight excluding hydrogens is 365 g/mol. The summed E-state index contributed by atoms with van der Waals surface area (Å²) in [6.07, 6.45) is 4.80. The maximum absolute atomic E-state index is 12.2. The van der Waals surface area contributed by atoms with E-state index in [0.717, 1.165) is 36.6 Å². The molecule has 1 aromatic carbocycles. The Balaban J connectivity index is 1.43. The van der Waals surface area contributed by atoms with E-state index in [4.69, 9.17) is 23.2 Å². The molecule has 0 radical (unpaired) electrons. The molecule has 0 spiro atoms. The highest BCUT2D eigenvalue weighted by atomic mass is 35.5. The molecule has 0 aliphatic carbocycles. The van der Waals surface area contributed by atoms with Crippen LogP contribution in [0.1, 0.15) is 24.8 Å². The van der Waals surface area contributed by atoms with Crippen molar-refractivity contribution >= 4 is 45.6 Å². The van der Waals surface area contributed by atoms with E-state index in [0.29, 0.717) is 22.9 Å². The Morgan fingerprint density at radius 1 is 1.33 bits per heavy atom. The number of halogens is 2. The first-order chi connectivity index (χ1) is 11.6. The minimum absolute atomic E-state index is 0.0775. The van der Waals surface area contributed by atoms with E-state index in [1.807, 2.05) is 17.6 Å². The maximum atomic E-state index is 12.2. The molecule has 0 unspecified atom stereocenters. The molecule has 0 saturated carbocycles. The van der Waals surface area contributed by atoms with Crippen molar-refractivity contribution in [2.24, 2.45) is 0 Å². The molecule has 3 rings (SSSR count). The lowest BCUT2D eigenvalue weighted by Crippen LogP contribution is -2.44. The van der Waals surface area contributed by atoms with E-state index in [-0.39, 0.29) is 11.9 Å². The Morgan fingerprint density at radius 3 is 2.79 bits per heavy atom. The van der Waals surface area contributed by atoms with Crippen LogP contribution in [-0.4, -0.2) is 30.0 Å². The van der Waals surface area contributed by atoms with Crippen LogP contribution in [0.15, 0.2) is 29.8 Å². The lowest BCUT2D eigenvalue weighted by Gasteiger charge is -2.32. The van der Waals surface area contributed by atoms with Gasteiger partial charge < -0.3 is 10.2 Å². The van der Waals surface area contributed by atoms with Crippen molar-refractivity contribution in [3.63, 3.8) is 0 Å². The van der Waals surface area contributed by atoms with Gasteiger partial charge in [-0.1, -0.05) is 29.3 Å². The SMILES string of the molecule is O=C(CCc1ccc(Cl)cc1Cl)NC1CCN(c2nccs2)CC1. The molecule has 128 valence electrons. The van der Waals surface area contributed by atoms with Crippen LogP contribution in [0.2, 0.25) is 10.0 Å². The number of rotatable bonds is 5. The molecule has 1 saturated heterocycles. The Labute approximate surface area is 155 Å². The fourth-order valence-electron chi connectivity index (χ4n) is 2.86. The molecule has 1 N–H and O–H groups in total. The highest BCUT2D eigenvalue weighted by molar-refractivity contribution is 7.13. The summed E-state index contributed by atoms with van der Waals surface area (Å²) in [5, 5.41) is 7.42. The number of piperidine rings is 1. The van der Waals surface area contributed by atoms with Crippen molar-refractivity contribution in [2.45, 2.75) is 31.7 Å². The van der Waals surface area contributed by atoms with Crippen molar-refractivity contribution in [2.75, 3.05) is 18.0 Å². The zero-order valence-electron chi connectivity index (χ0n) is 13.2. The molecule has 7 heteroatoms. The summed E-state index contributed by atoms with van der Waals surface area (Å²) >= 11 is 13.7. The molecular formula is C17H19Cl2N3OS. The van der Waals surface area contributed by atoms with Crippen molar-refractivity contribution < 1.29 is 4.79 Å². The van der Waals surface area contributed by atoms with Gasteiger partial charge in [-0.25, -0.2) is 4.98 Å². The molecule has 2 heterocycles. The lowest BCUT2D eigenvalue weighted by atomic mass is 10.0. The largest absolute Gasteiger partial charge is 0.353 e. The minimum Gasteiger partial charge on any atom is -0.353 e. The molecule has 1 aliphatic rings. The number of hydrogen-bond acceptors (Lipinski definition) is 4. The quantitative estimate of drug-likeness (QED) is 0.842. The van der Waals surface area contributed by atoms with Crippen molar-refractivity contribution in [1.29, 1.82) is 0 Å². The lowest BCUT2D eigenvalue weighted by molar-refractivity contribution is -0.121. The average Bonchev–Trinajstić information content (AvgIpc) is 3.09. The van der Waals surface area contributed by atoms with Crippen molar-refractivity contribution in [3.05, 3.63) is 45.4 Å². The molecule has 0 bridgehead atoms. The molecule has 4 nitrogen and oxygen atoms in total. The first-order valence-electron chi connectivity index (χ1n) is 7.99. The van der Waals surface area contributed by atoms with E-state index >= 15 is 0 Å². The molecule has 0 atom stereocenters. The van der Waals surface area contributed by atoms with Gasteiger partial charge in [0.25, 0.3) is 0 Å². The Kier molecular flexibility index (Phi) is 5.98. The predicted octanol–water partition coefficient (Wildman–Crippen LogP) is 4.17. The molecule has 1 aromatic heterocycles. The number of aryl methyl sites for hydroxylation is 1. The molecule has 2 aromatic rings. The second-order valence-corrected chi connectivity index (χ2v) is 7.60. The van der Waals surface area contributed by atoms with Crippen LogP contribution in [0, 0.1) is 0 Å². The van der Waals surface area contributed by atoms with Crippen LogP contribution in [0.3, 0.4) is 0 Å². The van der Waals surface area contributed by atoms with E-state index in [2.05, 4.69) is 15.2 Å². The maximum Gasteiger partial charge on any atom is 0.220 e. The third-order valence-electron chi connectivity index (χ3n) is 4.19. The molecule has 1 aliphatic heterocycles. The summed E-state index contributed by atoms with van der Waals surface area (Å²) in [5.74, 6) is 0.0775. The van der Waals surface area contributed by atoms with Gasteiger partial charge in [0.05, 0.1) is 0 Å². The number of aromatic nitrogens is 1. The number of anilines is 1. The van der Waals surface area contributed by atoms with E-state index in [1.54, 1.807) is 23.5 Å². The second-order valence-electron chi connectivity index (χ2n) is 5.88. The standard InChI is InChI=1S/C17H19Cl2N3OS/c18-13-3-1-12(15(19)11-13)2-4-16(23)21-14-5-8-22(9-6-14)17-20-7-10-24-17/h1,3,7,10-11,14H,2,4-6,8-9H2,(H,21,23). The van der Waals surface area contributed by atoms with Crippen molar-refractivity contribution in [3.8, 4) is 0 Å². The Morgan fingerprint density at radius 2 is 2.12 bits per heavy atom. The van der Waals surface area contributed by atoms with Gasteiger partial charge in [0.15, 0.2) is 5.13 Å². The number of thiazole rings is 1. The van der Waals surface area contributed by atoms with Crippen LogP contribution in [-0.2, 0) is 11.2 Å². The topological polar surface area (TPSA) is 45.2 Å². The van der Waals surface area contributed by atoms with Gasteiger partial charge in [-0.3, -0.25) is 4.79 Å². The third kappa shape index (κ3) is 4.62. The van der Waals surface area contributed by atoms with Crippen LogP contribution >= 0.6 is 34.5 Å². The Bertz CT molecular complexity index is 685. The van der Waals surface area contributed by atoms with E-state index in [1.165, 1.54) is 0 Å². The van der Waals surface area contributed by atoms with Crippen LogP contribution < -0.4 is 10.2 Å². The summed E-state index contributed by atoms with van der Waals surface area (Å²) in [6.45, 7) is 1.86. The van der Waals surface area contributed by atoms with E-state index in [9.17, 15) is 4.79 Å². The number of nitrogens with one attached hydrogen (secondary N) is 1. The van der Waals surface area contributed by atoms with Gasteiger partial charge in [-0.05, 0) is 37.0 Å². The predicted molar refractivity (Wildman–Crippen MR) is 100 cm³/mol. The van der Waals surface area contributed by atoms with Gasteiger partial charge >= 0.3 is 0 Å². The summed E-state index contributed by atoms with van der Waals surface area (Å²) < 4.78 is 0. The third-order valence-corrected chi connectivity index (χ3v) is 5.61.